The second-order valence-corrected chi connectivity index (χ2v) is 38.7. The normalized spacial score (nSPS) is 28.2. The maximum Gasteiger partial charge on any atom is 0.329 e. The van der Waals surface area contributed by atoms with Crippen molar-refractivity contribution in [1.82, 2.24) is 64.1 Å². The second-order valence-electron chi connectivity index (χ2n) is 38.7. The van der Waals surface area contributed by atoms with E-state index in [1.807, 2.05) is 85.7 Å². The fraction of sp³-hybridized carbons (Fsp3) is 0.624. The SMILES string of the molecule is CC(=O)CCOCCN1CCN(C(=O)CN(C)CC(=O)N2CCc3cc(Cn4nc(-c5ccc6oc(N)nc6c5)c5c(N)ncnc54)ccc3C2)CC1.CO[C@H]1C[C@@H]2CC[C@@H](C)[C@@](O)(O2)C(=O)C(=O)N2CCCC[C@H]2C(=O)O[C@H]([C@H](C)C[C@@H]2CC[C@@H](O)[C@H](OC)C2)C[C@@H](O)[C@H](C)/C=C(\C)[C@@H](O)[C@@H](OC)C(=NOCC(=O)CCc2cnc(N3CCN(C)CC3)nc2)[C@H](C)C[C@H](C)/C=C/C=C/C=C/1C. The number of oxazole rings is 1. The number of carbonyl (C=O) groups is 7. The minimum Gasteiger partial charge on any atom is -0.460 e. The molecular formula is C101H145N17O19. The Hall–Kier alpha value is -10.2. The first-order valence-electron chi connectivity index (χ1n) is 48.7. The van der Waals surface area contributed by atoms with E-state index in [9.17, 15) is 54.0 Å². The zero-order valence-corrected chi connectivity index (χ0v) is 82.1. The van der Waals surface area contributed by atoms with Gasteiger partial charge in [-0.3, -0.25) is 38.6 Å². The van der Waals surface area contributed by atoms with E-state index < -0.39 is 84.1 Å². The summed E-state index contributed by atoms with van der Waals surface area (Å²) in [7, 11) is 8.56. The molecule has 1 saturated carbocycles. The highest BCUT2D eigenvalue weighted by Gasteiger charge is 2.53. The van der Waals surface area contributed by atoms with E-state index in [-0.39, 0.29) is 105 Å². The smallest absolute Gasteiger partial charge is 0.329 e. The van der Waals surface area contributed by atoms with Crippen molar-refractivity contribution in [2.45, 2.75) is 232 Å². The number of hydrogen-bond donors (Lipinski definition) is 6. The summed E-state index contributed by atoms with van der Waals surface area (Å²) in [5, 5.41) is 57.1. The molecule has 1 aliphatic carbocycles. The summed E-state index contributed by atoms with van der Waals surface area (Å²) in [5.41, 5.74) is 21.3. The Morgan fingerprint density at radius 1 is 0.752 bits per heavy atom. The number of aromatic nitrogens is 7. The molecule has 16 atom stereocenters. The molecule has 137 heavy (non-hydrogen) atoms. The molecule has 748 valence electrons. The number of allylic oxidation sites excluding steroid dienone is 5. The summed E-state index contributed by atoms with van der Waals surface area (Å²) in [6.07, 6.45) is 17.6. The van der Waals surface area contributed by atoms with Crippen LogP contribution in [0.3, 0.4) is 0 Å². The Labute approximate surface area is 803 Å². The number of carbonyl (C=O) groups excluding carboxylic acids is 7. The third kappa shape index (κ3) is 28.6. The maximum atomic E-state index is 14.6. The summed E-state index contributed by atoms with van der Waals surface area (Å²) >= 11 is 0. The van der Waals surface area contributed by atoms with Crippen molar-refractivity contribution >= 4 is 86.7 Å². The highest BCUT2D eigenvalue weighted by Crippen LogP contribution is 2.40. The van der Waals surface area contributed by atoms with Crippen LogP contribution in [-0.2, 0) is 92.8 Å². The number of aliphatic hydroxyl groups is 4. The van der Waals surface area contributed by atoms with Crippen LogP contribution in [0.15, 0.2) is 112 Å². The highest BCUT2D eigenvalue weighted by atomic mass is 16.6. The molecule has 5 fully saturated rings. The van der Waals surface area contributed by atoms with Crippen LogP contribution >= 0.6 is 0 Å². The lowest BCUT2D eigenvalue weighted by atomic mass is 9.78. The number of hydrogen-bond acceptors (Lipinski definition) is 32. The molecule has 0 radical (unpaired) electrons. The molecule has 4 aromatic heterocycles. The lowest BCUT2D eigenvalue weighted by Gasteiger charge is -2.43. The van der Waals surface area contributed by atoms with E-state index in [0.717, 1.165) is 86.5 Å². The number of Topliss-reactive ketones (excluding diaryl/α,β-unsaturated/α-hetero) is 3. The van der Waals surface area contributed by atoms with E-state index in [4.69, 9.17) is 54.2 Å². The molecule has 7 aliphatic rings. The number of fused-ring (bicyclic) bond motifs is 6. The lowest BCUT2D eigenvalue weighted by Crippen LogP contribution is -2.61. The Bertz CT molecular complexity index is 5220. The van der Waals surface area contributed by atoms with E-state index in [1.165, 1.54) is 23.9 Å². The quantitative estimate of drug-likeness (QED) is 0.00976. The zero-order valence-electron chi connectivity index (χ0n) is 82.1. The summed E-state index contributed by atoms with van der Waals surface area (Å²) in [6.45, 7) is 24.7. The van der Waals surface area contributed by atoms with Gasteiger partial charge in [0.1, 0.15) is 53.5 Å². The molecule has 8 N–H and O–H groups in total. The first-order chi connectivity index (χ1) is 65.7. The van der Waals surface area contributed by atoms with Crippen molar-refractivity contribution in [3.8, 4) is 11.3 Å². The molecule has 0 unspecified atom stereocenters. The average molecular weight is 1900 g/mol. The van der Waals surface area contributed by atoms with Gasteiger partial charge in [0, 0.05) is 161 Å². The van der Waals surface area contributed by atoms with Crippen LogP contribution in [0.4, 0.5) is 17.8 Å². The number of aryl methyl sites for hydroxylation is 1. The van der Waals surface area contributed by atoms with Gasteiger partial charge < -0.3 is 94.1 Å². The molecule has 2 bridgehead atoms. The number of methoxy groups -OCH3 is 3. The highest BCUT2D eigenvalue weighted by molar-refractivity contribution is 6.39. The standard InChI is InChI=1S/C64H100N6O14.C37H45N11O5/c1-40-17-13-12-14-18-41(2)54(79-9)35-50-24-20-46(7)64(78,84-50)60(75)61(76)70-26-16-15-19-51(70)62(77)83-55(43(4)33-47-22-25-52(72)56(34-47)80-10)36-53(73)42(3)32-45(6)58(74)59(81-11)57(44(5)31-40)67-82-39-49(71)23-21-48-37-65-63(66-38-48)69-29-27-68(8)28-30-69;1-24(49)8-15-52-16-14-45-10-12-46(13-11-45)31(50)21-44(2)22-32(51)47-9-7-26-17-25(3-4-28(26)20-47)19-48-36-33(35(38)40-23-41-36)34(43-48)27-5-6-30-29(18-27)42-37(39)53-30/h12-14,17-18,32,37-38,40,42-44,46-47,50-56,58-59,72-74,78H,15-16,19-31,33-36,39H2,1-11H3;3-6,17-18,23H,7-16,19-22H2,1-2H3,(H2,39,42)(H2,38,40,41)/b14-12+,17-13+,41-18+,45-32+,67-57?;/t40-,42-,43-,44-,46-,47+,50+,51+,52-,53-,54+,55+,56-,58-,59+,64-;/m1./s1. The number of esters is 1. The molecule has 2 aromatic carbocycles. The van der Waals surface area contributed by atoms with Gasteiger partial charge >= 0.3 is 5.97 Å². The predicted molar refractivity (Wildman–Crippen MR) is 518 cm³/mol. The van der Waals surface area contributed by atoms with Gasteiger partial charge in [-0.25, -0.2) is 29.4 Å². The number of nitrogen functional groups attached to an aromatic ring is 2. The predicted octanol–water partition coefficient (Wildman–Crippen LogP) is 8.32. The van der Waals surface area contributed by atoms with E-state index in [2.05, 4.69) is 83.0 Å². The van der Waals surface area contributed by atoms with Crippen molar-refractivity contribution < 1.29 is 91.7 Å². The molecular weight excluding hydrogens is 1760 g/mol. The maximum absolute atomic E-state index is 14.6. The van der Waals surface area contributed by atoms with Gasteiger partial charge in [-0.15, -0.1) is 0 Å². The minimum atomic E-state index is -2.44. The van der Waals surface area contributed by atoms with Gasteiger partial charge in [0.15, 0.2) is 23.6 Å². The van der Waals surface area contributed by atoms with Crippen LogP contribution in [0.1, 0.15) is 168 Å². The first kappa shape index (κ1) is 106. The van der Waals surface area contributed by atoms with Crippen LogP contribution < -0.4 is 16.4 Å². The molecule has 6 aliphatic heterocycles. The summed E-state index contributed by atoms with van der Waals surface area (Å²) in [5.74, 6) is -6.12. The van der Waals surface area contributed by atoms with Crippen LogP contribution in [0.5, 0.6) is 0 Å². The number of rotatable bonds is 26. The van der Waals surface area contributed by atoms with Crippen molar-refractivity contribution in [1.29, 1.82) is 0 Å². The molecule has 4 saturated heterocycles. The van der Waals surface area contributed by atoms with Gasteiger partial charge in [0.2, 0.25) is 23.5 Å². The lowest BCUT2D eigenvalue weighted by molar-refractivity contribution is -0.265. The number of piperazine rings is 2. The number of benzene rings is 2. The largest absolute Gasteiger partial charge is 0.460 e. The summed E-state index contributed by atoms with van der Waals surface area (Å²) in [6, 6.07) is 10.8. The minimum absolute atomic E-state index is 0.00364. The number of amides is 3. The van der Waals surface area contributed by atoms with Crippen molar-refractivity contribution in [3.63, 3.8) is 0 Å². The molecule has 36 nitrogen and oxygen atoms in total. The number of cyclic esters (lactones) is 1. The van der Waals surface area contributed by atoms with Gasteiger partial charge in [0.05, 0.1) is 74.5 Å². The molecule has 0 spiro atoms. The van der Waals surface area contributed by atoms with Gasteiger partial charge in [-0.05, 0) is 181 Å². The van der Waals surface area contributed by atoms with E-state index >= 15 is 0 Å². The number of anilines is 3. The molecule has 6 aromatic rings. The van der Waals surface area contributed by atoms with Crippen molar-refractivity contribution in [2.24, 2.45) is 40.7 Å². The number of aliphatic hydroxyl groups excluding tert-OH is 3. The fourth-order valence-electron chi connectivity index (χ4n) is 19.6. The molecule has 3 amide bonds. The van der Waals surface area contributed by atoms with Crippen molar-refractivity contribution in [3.05, 3.63) is 125 Å². The summed E-state index contributed by atoms with van der Waals surface area (Å²) in [4.78, 5) is 136. The summed E-state index contributed by atoms with van der Waals surface area (Å²) < 4.78 is 43.0. The number of ketones is 3. The number of likely N-dealkylation sites (N-methyl/N-ethyl adjacent to an activating group) is 2. The van der Waals surface area contributed by atoms with E-state index in [0.29, 0.717) is 167 Å². The van der Waals surface area contributed by atoms with Gasteiger partial charge in [0.25, 0.3) is 17.7 Å². The Kier molecular flexibility index (Phi) is 38.6. The van der Waals surface area contributed by atoms with Crippen molar-refractivity contribution in [2.75, 3.05) is 157 Å². The van der Waals surface area contributed by atoms with Gasteiger partial charge in [-0.1, -0.05) is 94.4 Å². The number of piperidine rings is 1. The average Bonchev–Trinajstić information content (AvgIpc) is 1.75. The Morgan fingerprint density at radius 3 is 2.23 bits per heavy atom. The van der Waals surface area contributed by atoms with Crippen LogP contribution in [0.25, 0.3) is 33.4 Å². The van der Waals surface area contributed by atoms with Crippen LogP contribution in [0, 0.1) is 35.5 Å². The van der Waals surface area contributed by atoms with Crippen LogP contribution in [-0.4, -0.2) is 332 Å². The van der Waals surface area contributed by atoms with Crippen LogP contribution in [0.2, 0.25) is 0 Å². The zero-order chi connectivity index (χ0) is 98.3. The van der Waals surface area contributed by atoms with Gasteiger partial charge in [-0.2, -0.15) is 10.1 Å². The number of nitrogens with zero attached hydrogens (tertiary/aromatic N) is 15. The number of oxime groups is 1. The fourth-order valence-corrected chi connectivity index (χ4v) is 19.6. The second kappa shape index (κ2) is 50.1. The number of ether oxygens (including phenoxy) is 6. The van der Waals surface area contributed by atoms with E-state index in [1.54, 1.807) is 64.4 Å². The monoisotopic (exact) mass is 1900 g/mol. The molecule has 36 heteroatoms. The third-order valence-electron chi connectivity index (χ3n) is 28.1. The topological polar surface area (TPSA) is 448 Å². The Balaban J connectivity index is 0.000000271. The first-order valence-corrected chi connectivity index (χ1v) is 48.7. The molecule has 10 heterocycles. The third-order valence-corrected chi connectivity index (χ3v) is 28.1. The molecule has 13 rings (SSSR count). The number of nitrogens with two attached hydrogens (primary N) is 2. The Morgan fingerprint density at radius 2 is 1.50 bits per heavy atom.